The number of rotatable bonds is 4. The van der Waals surface area contributed by atoms with E-state index in [2.05, 4.69) is 4.98 Å². The third kappa shape index (κ3) is 3.45. The van der Waals surface area contributed by atoms with Crippen molar-refractivity contribution in [1.29, 1.82) is 0 Å². The van der Waals surface area contributed by atoms with Crippen LogP contribution in [0.4, 0.5) is 0 Å². The van der Waals surface area contributed by atoms with Gasteiger partial charge < -0.3 is 19.1 Å². The van der Waals surface area contributed by atoms with Gasteiger partial charge in [0, 0.05) is 18.8 Å². The standard InChI is InChI=1S/C20H22N2O4/c1-14-4-7-19(21-12-14)26-13-20(23)22-8-2-3-16(22)15-5-6-17-18(11-15)25-10-9-24-17/h4-7,11-12,16H,2-3,8-10,13H2,1H3. The van der Waals surface area contributed by atoms with Crippen molar-refractivity contribution >= 4 is 5.91 Å². The van der Waals surface area contributed by atoms with Crippen molar-refractivity contribution in [3.05, 3.63) is 47.7 Å². The lowest BCUT2D eigenvalue weighted by atomic mass is 10.0. The maximum atomic E-state index is 12.7. The Kier molecular flexibility index (Phi) is 4.65. The molecule has 2 aromatic rings. The van der Waals surface area contributed by atoms with Crippen molar-refractivity contribution in [1.82, 2.24) is 9.88 Å². The summed E-state index contributed by atoms with van der Waals surface area (Å²) < 4.78 is 16.8. The Morgan fingerprint density at radius 2 is 2.08 bits per heavy atom. The molecule has 0 aliphatic carbocycles. The average Bonchev–Trinajstić information content (AvgIpc) is 3.17. The molecule has 1 atom stereocenters. The molecule has 6 heteroatoms. The molecule has 1 aromatic carbocycles. The summed E-state index contributed by atoms with van der Waals surface area (Å²) in [6.07, 6.45) is 3.65. The van der Waals surface area contributed by atoms with E-state index in [1.54, 1.807) is 12.3 Å². The number of nitrogens with zero attached hydrogens (tertiary/aromatic N) is 2. The van der Waals surface area contributed by atoms with E-state index in [1.165, 1.54) is 0 Å². The van der Waals surface area contributed by atoms with Gasteiger partial charge in [-0.1, -0.05) is 12.1 Å². The molecule has 0 spiro atoms. The van der Waals surface area contributed by atoms with Gasteiger partial charge in [0.2, 0.25) is 5.88 Å². The first kappa shape index (κ1) is 16.7. The molecule has 0 bridgehead atoms. The van der Waals surface area contributed by atoms with Gasteiger partial charge in [-0.05, 0) is 43.0 Å². The van der Waals surface area contributed by atoms with E-state index < -0.39 is 0 Å². The number of hydrogen-bond acceptors (Lipinski definition) is 5. The zero-order valence-corrected chi connectivity index (χ0v) is 14.8. The maximum Gasteiger partial charge on any atom is 0.261 e. The highest BCUT2D eigenvalue weighted by molar-refractivity contribution is 5.78. The quantitative estimate of drug-likeness (QED) is 0.845. The lowest BCUT2D eigenvalue weighted by Crippen LogP contribution is -2.34. The van der Waals surface area contributed by atoms with Crippen molar-refractivity contribution in [2.45, 2.75) is 25.8 Å². The highest BCUT2D eigenvalue weighted by Crippen LogP contribution is 2.38. The molecule has 1 aromatic heterocycles. The third-order valence-electron chi connectivity index (χ3n) is 4.75. The fourth-order valence-corrected chi connectivity index (χ4v) is 3.44. The summed E-state index contributed by atoms with van der Waals surface area (Å²) in [7, 11) is 0. The molecule has 0 N–H and O–H groups in total. The van der Waals surface area contributed by atoms with Gasteiger partial charge in [0.05, 0.1) is 6.04 Å². The van der Waals surface area contributed by atoms with Crippen LogP contribution < -0.4 is 14.2 Å². The Hall–Kier alpha value is -2.76. The minimum atomic E-state index is -0.0234. The Morgan fingerprint density at radius 3 is 2.88 bits per heavy atom. The Bertz CT molecular complexity index is 791. The van der Waals surface area contributed by atoms with Crippen LogP contribution in [0, 0.1) is 6.92 Å². The van der Waals surface area contributed by atoms with Crippen molar-refractivity contribution in [3.63, 3.8) is 0 Å². The van der Waals surface area contributed by atoms with Crippen LogP contribution in [0.3, 0.4) is 0 Å². The van der Waals surface area contributed by atoms with E-state index in [0.717, 1.165) is 42.0 Å². The summed E-state index contributed by atoms with van der Waals surface area (Å²) in [6.45, 7) is 3.83. The number of benzene rings is 1. The van der Waals surface area contributed by atoms with Crippen LogP contribution >= 0.6 is 0 Å². The largest absolute Gasteiger partial charge is 0.486 e. The molecule has 2 aliphatic heterocycles. The van der Waals surface area contributed by atoms with Crippen LogP contribution in [-0.4, -0.2) is 42.2 Å². The van der Waals surface area contributed by atoms with Crippen molar-refractivity contribution in [2.24, 2.45) is 0 Å². The SMILES string of the molecule is Cc1ccc(OCC(=O)N2CCCC2c2ccc3c(c2)OCCO3)nc1. The number of carbonyl (C=O) groups excluding carboxylic acids is 1. The monoisotopic (exact) mass is 354 g/mol. The third-order valence-corrected chi connectivity index (χ3v) is 4.75. The molecule has 4 rings (SSSR count). The van der Waals surface area contributed by atoms with Crippen LogP contribution in [0.5, 0.6) is 17.4 Å². The number of aromatic nitrogens is 1. The van der Waals surface area contributed by atoms with Crippen molar-refractivity contribution in [3.8, 4) is 17.4 Å². The van der Waals surface area contributed by atoms with Gasteiger partial charge in [-0.2, -0.15) is 0 Å². The number of pyridine rings is 1. The van der Waals surface area contributed by atoms with Gasteiger partial charge >= 0.3 is 0 Å². The molecule has 0 radical (unpaired) electrons. The first-order valence-corrected chi connectivity index (χ1v) is 8.95. The van der Waals surface area contributed by atoms with Gasteiger partial charge in [0.1, 0.15) is 13.2 Å². The lowest BCUT2D eigenvalue weighted by Gasteiger charge is -2.26. The minimum Gasteiger partial charge on any atom is -0.486 e. The van der Waals surface area contributed by atoms with E-state index in [-0.39, 0.29) is 18.6 Å². The summed E-state index contributed by atoms with van der Waals surface area (Å²) in [5.74, 6) is 1.97. The van der Waals surface area contributed by atoms with E-state index >= 15 is 0 Å². The Labute approximate surface area is 152 Å². The van der Waals surface area contributed by atoms with E-state index in [4.69, 9.17) is 14.2 Å². The van der Waals surface area contributed by atoms with Crippen LogP contribution in [0.2, 0.25) is 0 Å². The van der Waals surface area contributed by atoms with Crippen LogP contribution in [-0.2, 0) is 4.79 Å². The number of fused-ring (bicyclic) bond motifs is 1. The summed E-state index contributed by atoms with van der Waals surface area (Å²) >= 11 is 0. The second-order valence-corrected chi connectivity index (χ2v) is 6.61. The Balaban J connectivity index is 1.44. The number of ether oxygens (including phenoxy) is 3. The van der Waals surface area contributed by atoms with Gasteiger partial charge in [0.15, 0.2) is 18.1 Å². The van der Waals surface area contributed by atoms with Crippen molar-refractivity contribution < 1.29 is 19.0 Å². The molecule has 2 aliphatic rings. The zero-order chi connectivity index (χ0) is 17.9. The van der Waals surface area contributed by atoms with Gasteiger partial charge in [0.25, 0.3) is 5.91 Å². The number of carbonyl (C=O) groups is 1. The van der Waals surface area contributed by atoms with Crippen molar-refractivity contribution in [2.75, 3.05) is 26.4 Å². The normalized spacial score (nSPS) is 18.7. The topological polar surface area (TPSA) is 60.9 Å². The van der Waals surface area contributed by atoms with E-state index in [9.17, 15) is 4.79 Å². The van der Waals surface area contributed by atoms with E-state index in [0.29, 0.717) is 19.1 Å². The van der Waals surface area contributed by atoms with Gasteiger partial charge in [-0.15, -0.1) is 0 Å². The fraction of sp³-hybridized carbons (Fsp3) is 0.400. The highest BCUT2D eigenvalue weighted by atomic mass is 16.6. The highest BCUT2D eigenvalue weighted by Gasteiger charge is 2.31. The molecule has 26 heavy (non-hydrogen) atoms. The molecule has 1 saturated heterocycles. The summed E-state index contributed by atoms with van der Waals surface area (Å²) in [4.78, 5) is 18.7. The molecule has 1 amide bonds. The van der Waals surface area contributed by atoms with Crippen LogP contribution in [0.1, 0.15) is 30.0 Å². The second kappa shape index (κ2) is 7.23. The zero-order valence-electron chi connectivity index (χ0n) is 14.8. The fourth-order valence-electron chi connectivity index (χ4n) is 3.44. The second-order valence-electron chi connectivity index (χ2n) is 6.61. The lowest BCUT2D eigenvalue weighted by molar-refractivity contribution is -0.134. The summed E-state index contributed by atoms with van der Waals surface area (Å²) in [6, 6.07) is 9.69. The molecule has 6 nitrogen and oxygen atoms in total. The smallest absolute Gasteiger partial charge is 0.261 e. The molecular formula is C20H22N2O4. The predicted molar refractivity (Wildman–Crippen MR) is 95.6 cm³/mol. The van der Waals surface area contributed by atoms with Crippen LogP contribution in [0.15, 0.2) is 36.5 Å². The van der Waals surface area contributed by atoms with Gasteiger partial charge in [-0.3, -0.25) is 4.79 Å². The number of aryl methyl sites for hydroxylation is 1. The number of hydrogen-bond donors (Lipinski definition) is 0. The first-order chi connectivity index (χ1) is 12.7. The Morgan fingerprint density at radius 1 is 1.23 bits per heavy atom. The predicted octanol–water partition coefficient (Wildman–Crippen LogP) is 2.90. The maximum absolute atomic E-state index is 12.7. The average molecular weight is 354 g/mol. The van der Waals surface area contributed by atoms with E-state index in [1.807, 2.05) is 36.1 Å². The molecule has 3 heterocycles. The molecule has 0 saturated carbocycles. The summed E-state index contributed by atoms with van der Waals surface area (Å²) in [5.41, 5.74) is 2.13. The number of amides is 1. The minimum absolute atomic E-state index is 0.00286. The van der Waals surface area contributed by atoms with Gasteiger partial charge in [-0.25, -0.2) is 4.98 Å². The van der Waals surface area contributed by atoms with Crippen LogP contribution in [0.25, 0.3) is 0 Å². The summed E-state index contributed by atoms with van der Waals surface area (Å²) in [5, 5.41) is 0. The molecule has 1 fully saturated rings. The number of likely N-dealkylation sites (tertiary alicyclic amines) is 1. The molecular weight excluding hydrogens is 332 g/mol. The first-order valence-electron chi connectivity index (χ1n) is 8.95. The molecule has 136 valence electrons. The molecule has 1 unspecified atom stereocenters.